The van der Waals surface area contributed by atoms with Crippen LogP contribution in [0, 0.1) is 0 Å². The summed E-state index contributed by atoms with van der Waals surface area (Å²) in [6.07, 6.45) is 0.384. The molecule has 1 unspecified atom stereocenters. The topological polar surface area (TPSA) is 92.3 Å². The number of rotatable bonds is 3. The second-order valence-corrected chi connectivity index (χ2v) is 6.27. The van der Waals surface area contributed by atoms with Gasteiger partial charge in [-0.3, -0.25) is 29.8 Å². The Bertz CT molecular complexity index is 913. The van der Waals surface area contributed by atoms with Crippen LogP contribution in [0.1, 0.15) is 65.4 Å². The number of carbonyl (C=O) groups is 4. The van der Waals surface area contributed by atoms with Gasteiger partial charge in [-0.05, 0) is 47.7 Å². The van der Waals surface area contributed by atoms with Crippen molar-refractivity contribution in [1.82, 2.24) is 10.6 Å². The lowest BCUT2D eigenvalue weighted by molar-refractivity contribution is 0.0819. The average molecular weight is 334 g/mol. The zero-order valence-electron chi connectivity index (χ0n) is 13.4. The molecule has 2 N–H and O–H groups in total. The summed E-state index contributed by atoms with van der Waals surface area (Å²) in [5, 5.41) is 4.63. The summed E-state index contributed by atoms with van der Waals surface area (Å²) >= 11 is 0. The molecule has 0 saturated carbocycles. The standard InChI is InChI=1S/C19H14N2O4/c1-9(15-12-6-3-7-13(15)19(25)21-18(12)24)8-14-10-4-2-5-11(14)17(23)20-16(10)22/h2-7,9H,8H2,1H3,(H,20,22,23)(H,21,24,25). The first kappa shape index (κ1) is 15.3. The van der Waals surface area contributed by atoms with Gasteiger partial charge in [0.1, 0.15) is 0 Å². The maximum absolute atomic E-state index is 12.1. The fourth-order valence-electron chi connectivity index (χ4n) is 3.61. The van der Waals surface area contributed by atoms with E-state index < -0.39 is 23.6 Å². The molecule has 2 aliphatic heterocycles. The third kappa shape index (κ3) is 2.26. The van der Waals surface area contributed by atoms with Gasteiger partial charge < -0.3 is 0 Å². The third-order valence-electron chi connectivity index (χ3n) is 4.72. The molecule has 0 aliphatic carbocycles. The van der Waals surface area contributed by atoms with E-state index in [0.717, 1.165) is 0 Å². The molecule has 0 spiro atoms. The molecule has 1 atom stereocenters. The second-order valence-electron chi connectivity index (χ2n) is 6.27. The minimum absolute atomic E-state index is 0.209. The van der Waals surface area contributed by atoms with E-state index in [1.165, 1.54) is 0 Å². The number of imide groups is 2. The van der Waals surface area contributed by atoms with Crippen molar-refractivity contribution in [3.8, 4) is 0 Å². The second kappa shape index (κ2) is 5.37. The fourth-order valence-corrected chi connectivity index (χ4v) is 3.61. The van der Waals surface area contributed by atoms with Crippen molar-refractivity contribution in [3.05, 3.63) is 69.8 Å². The Labute approximate surface area is 143 Å². The highest BCUT2D eigenvalue weighted by atomic mass is 16.2. The van der Waals surface area contributed by atoms with Crippen LogP contribution in [0.25, 0.3) is 0 Å². The minimum atomic E-state index is -0.422. The molecule has 6 nitrogen and oxygen atoms in total. The Balaban J connectivity index is 1.79. The Kier molecular flexibility index (Phi) is 3.28. The molecule has 25 heavy (non-hydrogen) atoms. The monoisotopic (exact) mass is 334 g/mol. The van der Waals surface area contributed by atoms with Crippen LogP contribution in [-0.4, -0.2) is 23.6 Å². The Morgan fingerprint density at radius 2 is 1.12 bits per heavy atom. The zero-order valence-corrected chi connectivity index (χ0v) is 13.4. The van der Waals surface area contributed by atoms with Crippen molar-refractivity contribution in [1.29, 1.82) is 0 Å². The van der Waals surface area contributed by atoms with Crippen LogP contribution < -0.4 is 10.6 Å². The van der Waals surface area contributed by atoms with E-state index in [0.29, 0.717) is 39.8 Å². The number of hydrogen-bond donors (Lipinski definition) is 2. The number of fused-ring (bicyclic) bond motifs is 4. The Hall–Kier alpha value is -3.28. The first-order valence-electron chi connectivity index (χ1n) is 7.93. The number of carbonyl (C=O) groups excluding carboxylic acids is 4. The van der Waals surface area contributed by atoms with E-state index >= 15 is 0 Å². The number of benzene rings is 2. The van der Waals surface area contributed by atoms with Crippen LogP contribution in [0.15, 0.2) is 36.4 Å². The maximum atomic E-state index is 12.1. The molecule has 2 aliphatic rings. The lowest BCUT2D eigenvalue weighted by Gasteiger charge is -2.26. The minimum Gasteiger partial charge on any atom is -0.288 e. The van der Waals surface area contributed by atoms with E-state index in [1.54, 1.807) is 36.4 Å². The third-order valence-corrected chi connectivity index (χ3v) is 4.72. The molecule has 0 fully saturated rings. The van der Waals surface area contributed by atoms with Gasteiger partial charge in [0.15, 0.2) is 0 Å². The highest BCUT2D eigenvalue weighted by Crippen LogP contribution is 2.32. The Morgan fingerprint density at radius 1 is 0.720 bits per heavy atom. The molecule has 124 valence electrons. The van der Waals surface area contributed by atoms with Crippen LogP contribution in [0.3, 0.4) is 0 Å². The van der Waals surface area contributed by atoms with Gasteiger partial charge in [-0.15, -0.1) is 0 Å². The van der Waals surface area contributed by atoms with Gasteiger partial charge in [0.25, 0.3) is 23.6 Å². The zero-order chi connectivity index (χ0) is 17.7. The number of amides is 4. The Morgan fingerprint density at radius 3 is 1.60 bits per heavy atom. The molecule has 0 radical (unpaired) electrons. The maximum Gasteiger partial charge on any atom is 0.258 e. The molecular formula is C19H14N2O4. The SMILES string of the molecule is CC(Cc1c2cccc1C(=O)NC2=O)c1c2cccc1C(=O)NC2=O. The lowest BCUT2D eigenvalue weighted by atomic mass is 9.81. The van der Waals surface area contributed by atoms with Crippen molar-refractivity contribution < 1.29 is 19.2 Å². The van der Waals surface area contributed by atoms with Gasteiger partial charge in [-0.25, -0.2) is 0 Å². The molecule has 4 amide bonds. The first-order chi connectivity index (χ1) is 12.0. The summed E-state index contributed by atoms with van der Waals surface area (Å²) in [5.74, 6) is -1.90. The molecule has 0 saturated heterocycles. The van der Waals surface area contributed by atoms with E-state index in [2.05, 4.69) is 10.6 Å². The van der Waals surface area contributed by atoms with Gasteiger partial charge in [-0.1, -0.05) is 19.1 Å². The highest BCUT2D eigenvalue weighted by Gasteiger charge is 2.32. The summed E-state index contributed by atoms with van der Waals surface area (Å²) in [5.41, 5.74) is 3.13. The van der Waals surface area contributed by atoms with Gasteiger partial charge in [0, 0.05) is 22.3 Å². The smallest absolute Gasteiger partial charge is 0.258 e. The summed E-state index contributed by atoms with van der Waals surface area (Å²) in [4.78, 5) is 48.3. The predicted molar refractivity (Wildman–Crippen MR) is 88.6 cm³/mol. The van der Waals surface area contributed by atoms with Gasteiger partial charge >= 0.3 is 0 Å². The van der Waals surface area contributed by atoms with Crippen LogP contribution in [0.4, 0.5) is 0 Å². The molecule has 0 aromatic heterocycles. The van der Waals surface area contributed by atoms with Crippen molar-refractivity contribution in [2.45, 2.75) is 19.3 Å². The van der Waals surface area contributed by atoms with Crippen LogP contribution in [0.5, 0.6) is 0 Å². The molecule has 2 heterocycles. The number of nitrogens with one attached hydrogen (secondary N) is 2. The predicted octanol–water partition coefficient (Wildman–Crippen LogP) is 1.80. The highest BCUT2D eigenvalue weighted by molar-refractivity contribution is 6.17. The van der Waals surface area contributed by atoms with Crippen molar-refractivity contribution >= 4 is 23.6 Å². The average Bonchev–Trinajstić information content (AvgIpc) is 2.58. The van der Waals surface area contributed by atoms with Gasteiger partial charge in [-0.2, -0.15) is 0 Å². The molecule has 4 rings (SSSR count). The van der Waals surface area contributed by atoms with E-state index in [4.69, 9.17) is 0 Å². The van der Waals surface area contributed by atoms with Crippen molar-refractivity contribution in [3.63, 3.8) is 0 Å². The molecule has 2 aromatic rings. The summed E-state index contributed by atoms with van der Waals surface area (Å²) in [6, 6.07) is 10.0. The number of hydrogen-bond acceptors (Lipinski definition) is 4. The summed E-state index contributed by atoms with van der Waals surface area (Å²) < 4.78 is 0. The summed E-state index contributed by atoms with van der Waals surface area (Å²) in [7, 11) is 0. The molecule has 6 heteroatoms. The van der Waals surface area contributed by atoms with Gasteiger partial charge in [0.05, 0.1) is 0 Å². The van der Waals surface area contributed by atoms with Gasteiger partial charge in [0.2, 0.25) is 0 Å². The van der Waals surface area contributed by atoms with Crippen molar-refractivity contribution in [2.24, 2.45) is 0 Å². The summed E-state index contributed by atoms with van der Waals surface area (Å²) in [6.45, 7) is 1.89. The van der Waals surface area contributed by atoms with Crippen LogP contribution >= 0.6 is 0 Å². The lowest BCUT2D eigenvalue weighted by Crippen LogP contribution is -2.38. The molecular weight excluding hydrogens is 320 g/mol. The molecule has 4 bridgehead atoms. The van der Waals surface area contributed by atoms with Crippen LogP contribution in [-0.2, 0) is 6.42 Å². The molecule has 2 aromatic carbocycles. The largest absolute Gasteiger partial charge is 0.288 e. The van der Waals surface area contributed by atoms with E-state index in [1.807, 2.05) is 6.92 Å². The normalized spacial score (nSPS) is 16.4. The first-order valence-corrected chi connectivity index (χ1v) is 7.93. The quantitative estimate of drug-likeness (QED) is 0.837. The van der Waals surface area contributed by atoms with E-state index in [9.17, 15) is 19.2 Å². The van der Waals surface area contributed by atoms with E-state index in [-0.39, 0.29) is 5.92 Å². The fraction of sp³-hybridized carbons (Fsp3) is 0.158. The van der Waals surface area contributed by atoms with Crippen molar-refractivity contribution in [2.75, 3.05) is 0 Å². The van der Waals surface area contributed by atoms with Crippen LogP contribution in [0.2, 0.25) is 0 Å².